The molecule has 0 saturated heterocycles. The molecule has 0 atom stereocenters. The molecule has 0 unspecified atom stereocenters. The Hall–Kier alpha value is -4.28. The third-order valence-corrected chi connectivity index (χ3v) is 7.41. The van der Waals surface area contributed by atoms with Gasteiger partial charge in [-0.1, -0.05) is 59.8 Å². The number of rotatable bonds is 6. The average molecular weight is 527 g/mol. The molecule has 10 heteroatoms. The summed E-state index contributed by atoms with van der Waals surface area (Å²) in [6.45, 7) is 1.99. The smallest absolute Gasteiger partial charge is 0.257 e. The molecule has 5 rings (SSSR count). The molecular formula is C27H22N6O2S2. The van der Waals surface area contributed by atoms with Crippen LogP contribution in [0.15, 0.2) is 99.1 Å². The van der Waals surface area contributed by atoms with Crippen LogP contribution in [0.25, 0.3) is 10.2 Å². The lowest BCUT2D eigenvalue weighted by molar-refractivity contribution is 0.0977. The van der Waals surface area contributed by atoms with Crippen LogP contribution in [0.4, 0.5) is 11.6 Å². The zero-order valence-corrected chi connectivity index (χ0v) is 21.4. The van der Waals surface area contributed by atoms with Gasteiger partial charge in [0, 0.05) is 23.1 Å². The summed E-state index contributed by atoms with van der Waals surface area (Å²) in [5.74, 6) is 0.319. The first-order valence-electron chi connectivity index (χ1n) is 11.4. The number of amides is 1. The van der Waals surface area contributed by atoms with E-state index in [9.17, 15) is 9.59 Å². The van der Waals surface area contributed by atoms with Crippen molar-refractivity contribution in [1.82, 2.24) is 20.3 Å². The van der Waals surface area contributed by atoms with Crippen molar-refractivity contribution in [2.75, 3.05) is 5.32 Å². The highest BCUT2D eigenvalue weighted by molar-refractivity contribution is 8.00. The number of aromatic nitrogens is 3. The lowest BCUT2D eigenvalue weighted by Crippen LogP contribution is -2.36. The number of nitrogens with one attached hydrogen (secondary N) is 3. The van der Waals surface area contributed by atoms with Gasteiger partial charge in [0.1, 0.15) is 0 Å². The van der Waals surface area contributed by atoms with Gasteiger partial charge in [0.05, 0.1) is 15.9 Å². The lowest BCUT2D eigenvalue weighted by atomic mass is 10.2. The van der Waals surface area contributed by atoms with E-state index in [1.54, 1.807) is 35.6 Å². The number of para-hydroxylation sites is 1. The van der Waals surface area contributed by atoms with Crippen LogP contribution in [-0.2, 0) is 5.75 Å². The Morgan fingerprint density at radius 1 is 1.00 bits per heavy atom. The van der Waals surface area contributed by atoms with Crippen molar-refractivity contribution in [3.63, 3.8) is 0 Å². The van der Waals surface area contributed by atoms with Crippen molar-refractivity contribution in [1.29, 1.82) is 0 Å². The summed E-state index contributed by atoms with van der Waals surface area (Å²) in [6, 6.07) is 25.8. The third-order valence-electron chi connectivity index (χ3n) is 5.20. The molecule has 37 heavy (non-hydrogen) atoms. The number of hydrogen-bond donors (Lipinski definition) is 3. The first-order valence-corrected chi connectivity index (χ1v) is 13.2. The number of aromatic amines is 1. The minimum atomic E-state index is -0.344. The molecule has 8 nitrogen and oxygen atoms in total. The standard InChI is InChI=1S/C27H22N6O2S2/c1-17-11-13-19(14-12-17)28-26(32-24(35)18-7-3-2-4-8-18)33-25-29-20(15-23(34)31-25)16-36-27-30-21-9-5-6-10-22(21)37-27/h2-15H,16H2,1H3,(H3,28,29,31,32,33,34,35). The van der Waals surface area contributed by atoms with Crippen LogP contribution in [-0.4, -0.2) is 26.8 Å². The molecule has 2 aromatic heterocycles. The summed E-state index contributed by atoms with van der Waals surface area (Å²) in [4.78, 5) is 41.4. The Labute approximate surface area is 220 Å². The third kappa shape index (κ3) is 6.49. The van der Waals surface area contributed by atoms with E-state index in [0.29, 0.717) is 17.0 Å². The summed E-state index contributed by atoms with van der Waals surface area (Å²) < 4.78 is 2.00. The Morgan fingerprint density at radius 2 is 1.76 bits per heavy atom. The summed E-state index contributed by atoms with van der Waals surface area (Å²) in [5, 5.41) is 5.89. The number of nitrogens with zero attached hydrogens (tertiary/aromatic N) is 3. The number of aryl methyl sites for hydroxylation is 1. The summed E-state index contributed by atoms with van der Waals surface area (Å²) in [6.07, 6.45) is 0. The fourth-order valence-electron chi connectivity index (χ4n) is 3.41. The van der Waals surface area contributed by atoms with Crippen molar-refractivity contribution >= 4 is 56.8 Å². The molecule has 1 amide bonds. The van der Waals surface area contributed by atoms with Crippen molar-refractivity contribution < 1.29 is 4.79 Å². The Bertz CT molecular complexity index is 1600. The zero-order valence-electron chi connectivity index (χ0n) is 19.8. The van der Waals surface area contributed by atoms with Gasteiger partial charge in [0.2, 0.25) is 11.9 Å². The highest BCUT2D eigenvalue weighted by Gasteiger charge is 2.11. The number of aliphatic imine (C=N–C) groups is 1. The first-order chi connectivity index (χ1) is 18.0. The quantitative estimate of drug-likeness (QED) is 0.153. The van der Waals surface area contributed by atoms with Gasteiger partial charge in [-0.15, -0.1) is 11.3 Å². The van der Waals surface area contributed by atoms with E-state index in [1.165, 1.54) is 17.8 Å². The molecule has 0 bridgehead atoms. The minimum Gasteiger partial charge on any atom is -0.326 e. The van der Waals surface area contributed by atoms with Gasteiger partial charge >= 0.3 is 0 Å². The van der Waals surface area contributed by atoms with Crippen molar-refractivity contribution in [3.05, 3.63) is 112 Å². The summed E-state index contributed by atoms with van der Waals surface area (Å²) >= 11 is 3.10. The zero-order chi connectivity index (χ0) is 25.6. The fraction of sp³-hybridized carbons (Fsp3) is 0.0741. The molecule has 5 aromatic rings. The second kappa shape index (κ2) is 11.2. The number of carbonyl (C=O) groups is 1. The van der Waals surface area contributed by atoms with E-state index in [4.69, 9.17) is 0 Å². The molecule has 3 aromatic carbocycles. The van der Waals surface area contributed by atoms with Crippen molar-refractivity contribution in [3.8, 4) is 0 Å². The van der Waals surface area contributed by atoms with Crippen molar-refractivity contribution in [2.24, 2.45) is 4.99 Å². The van der Waals surface area contributed by atoms with Gasteiger partial charge < -0.3 is 5.32 Å². The van der Waals surface area contributed by atoms with Gasteiger partial charge in [-0.05, 0) is 43.3 Å². The van der Waals surface area contributed by atoms with Gasteiger partial charge in [-0.2, -0.15) is 4.99 Å². The number of H-pyrrole nitrogens is 1. The van der Waals surface area contributed by atoms with E-state index in [-0.39, 0.29) is 23.4 Å². The van der Waals surface area contributed by atoms with Crippen molar-refractivity contribution in [2.45, 2.75) is 17.0 Å². The maximum atomic E-state index is 12.8. The monoisotopic (exact) mass is 526 g/mol. The average Bonchev–Trinajstić information content (AvgIpc) is 3.32. The Balaban J connectivity index is 1.39. The van der Waals surface area contributed by atoms with Gasteiger partial charge in [0.25, 0.3) is 11.5 Å². The van der Waals surface area contributed by atoms with E-state index in [0.717, 1.165) is 25.8 Å². The number of hydrogen-bond acceptors (Lipinski definition) is 7. The molecule has 0 fully saturated rings. The Kier molecular flexibility index (Phi) is 7.38. The highest BCUT2D eigenvalue weighted by Crippen LogP contribution is 2.31. The molecule has 0 aliphatic heterocycles. The topological polar surface area (TPSA) is 112 Å². The number of fused-ring (bicyclic) bond motifs is 1. The van der Waals surface area contributed by atoms with E-state index in [1.807, 2.05) is 61.5 Å². The fourth-order valence-corrected chi connectivity index (χ4v) is 5.37. The number of anilines is 1. The van der Waals surface area contributed by atoms with Gasteiger partial charge in [-0.3, -0.25) is 19.9 Å². The van der Waals surface area contributed by atoms with Crippen LogP contribution in [0.3, 0.4) is 0 Å². The van der Waals surface area contributed by atoms with Crippen LogP contribution in [0.1, 0.15) is 21.6 Å². The second-order valence-corrected chi connectivity index (χ2v) is 10.3. The molecule has 0 spiro atoms. The summed E-state index contributed by atoms with van der Waals surface area (Å²) in [7, 11) is 0. The predicted octanol–water partition coefficient (Wildman–Crippen LogP) is 5.51. The largest absolute Gasteiger partial charge is 0.326 e. The first kappa shape index (κ1) is 24.4. The van der Waals surface area contributed by atoms with Crippen LogP contribution in [0.2, 0.25) is 0 Å². The van der Waals surface area contributed by atoms with Crippen LogP contribution >= 0.6 is 23.1 Å². The number of benzene rings is 3. The maximum Gasteiger partial charge on any atom is 0.257 e. The molecule has 2 heterocycles. The SMILES string of the molecule is Cc1ccc(NC(=Nc2nc(CSc3nc4ccccc4s3)cc(=O)[nH]2)NC(=O)c2ccccc2)cc1. The number of guanidine groups is 1. The van der Waals surface area contributed by atoms with Gasteiger partial charge in [0.15, 0.2) is 4.34 Å². The summed E-state index contributed by atoms with van der Waals surface area (Å²) in [5.41, 5.74) is 3.46. The molecule has 3 N–H and O–H groups in total. The number of thiazole rings is 1. The van der Waals surface area contributed by atoms with Crippen LogP contribution in [0, 0.1) is 6.92 Å². The maximum absolute atomic E-state index is 12.8. The molecular weight excluding hydrogens is 504 g/mol. The molecule has 0 saturated carbocycles. The number of carbonyl (C=O) groups excluding carboxylic acids is 1. The van der Waals surface area contributed by atoms with E-state index < -0.39 is 0 Å². The van der Waals surface area contributed by atoms with Crippen LogP contribution in [0.5, 0.6) is 0 Å². The molecule has 184 valence electrons. The minimum absolute atomic E-state index is 0.0790. The van der Waals surface area contributed by atoms with Crippen LogP contribution < -0.4 is 16.2 Å². The molecule has 0 aliphatic rings. The Morgan fingerprint density at radius 3 is 2.54 bits per heavy atom. The normalized spacial score (nSPS) is 11.4. The predicted molar refractivity (Wildman–Crippen MR) is 150 cm³/mol. The van der Waals surface area contributed by atoms with Gasteiger partial charge in [-0.25, -0.2) is 9.97 Å². The second-order valence-electron chi connectivity index (χ2n) is 8.07. The number of thioether (sulfide) groups is 1. The van der Waals surface area contributed by atoms with E-state index in [2.05, 4.69) is 30.6 Å². The molecule has 0 aliphatic carbocycles. The highest BCUT2D eigenvalue weighted by atomic mass is 32.2. The molecule has 0 radical (unpaired) electrons. The van der Waals surface area contributed by atoms with E-state index >= 15 is 0 Å². The lowest BCUT2D eigenvalue weighted by Gasteiger charge is -2.12.